The predicted molar refractivity (Wildman–Crippen MR) is 48.9 cm³/mol. The number of nitrogens with two attached hydrogens (primary N) is 1. The van der Waals surface area contributed by atoms with Crippen molar-refractivity contribution in [1.29, 1.82) is 0 Å². The highest BCUT2D eigenvalue weighted by Gasteiger charge is 2.10. The molecular formula is C6H5Cl2NO2S. The maximum Gasteiger partial charge on any atom is 0.261 e. The van der Waals surface area contributed by atoms with Gasteiger partial charge in [0.2, 0.25) is 0 Å². The number of hydrogen-bond acceptors (Lipinski definition) is 3. The summed E-state index contributed by atoms with van der Waals surface area (Å²) in [4.78, 5) is -0.0499. The van der Waals surface area contributed by atoms with Crippen LogP contribution in [0, 0.1) is 0 Å². The van der Waals surface area contributed by atoms with E-state index in [2.05, 4.69) is 0 Å². The van der Waals surface area contributed by atoms with Crippen LogP contribution in [-0.4, -0.2) is 8.42 Å². The fraction of sp³-hybridized carbons (Fsp3) is 0. The van der Waals surface area contributed by atoms with Gasteiger partial charge < -0.3 is 5.73 Å². The van der Waals surface area contributed by atoms with E-state index in [-0.39, 0.29) is 10.6 Å². The molecule has 1 rings (SSSR count). The quantitative estimate of drug-likeness (QED) is 0.587. The average Bonchev–Trinajstić information content (AvgIpc) is 1.92. The van der Waals surface area contributed by atoms with Gasteiger partial charge in [0.25, 0.3) is 9.05 Å². The second-order valence-corrected chi connectivity index (χ2v) is 5.09. The number of benzene rings is 1. The third-order valence-corrected chi connectivity index (χ3v) is 2.94. The molecule has 0 saturated heterocycles. The molecule has 0 aromatic heterocycles. The maximum absolute atomic E-state index is 10.8. The van der Waals surface area contributed by atoms with E-state index in [1.54, 1.807) is 0 Å². The molecule has 0 aliphatic heterocycles. The van der Waals surface area contributed by atoms with Crippen LogP contribution in [0.3, 0.4) is 0 Å². The van der Waals surface area contributed by atoms with E-state index < -0.39 is 9.05 Å². The minimum Gasteiger partial charge on any atom is -0.397 e. The molecule has 66 valence electrons. The summed E-state index contributed by atoms with van der Waals surface area (Å²) in [5.74, 6) is 0. The first-order valence-corrected chi connectivity index (χ1v) is 5.59. The molecule has 0 spiro atoms. The van der Waals surface area contributed by atoms with Gasteiger partial charge in [-0.2, -0.15) is 0 Å². The van der Waals surface area contributed by atoms with E-state index in [1.807, 2.05) is 0 Å². The molecule has 1 aromatic carbocycles. The van der Waals surface area contributed by atoms with Crippen molar-refractivity contribution >= 4 is 37.0 Å². The monoisotopic (exact) mass is 225 g/mol. The maximum atomic E-state index is 10.8. The van der Waals surface area contributed by atoms with Crippen molar-refractivity contribution in [3.63, 3.8) is 0 Å². The molecule has 6 heteroatoms. The van der Waals surface area contributed by atoms with Crippen molar-refractivity contribution in [2.24, 2.45) is 0 Å². The Bertz CT molecular complexity index is 402. The number of nitrogen functional groups attached to an aromatic ring is 1. The molecule has 0 radical (unpaired) electrons. The smallest absolute Gasteiger partial charge is 0.261 e. The van der Waals surface area contributed by atoms with Crippen molar-refractivity contribution in [3.05, 3.63) is 23.2 Å². The van der Waals surface area contributed by atoms with E-state index in [9.17, 15) is 8.42 Å². The van der Waals surface area contributed by atoms with Crippen LogP contribution in [-0.2, 0) is 9.05 Å². The molecule has 0 atom stereocenters. The highest BCUT2D eigenvalue weighted by molar-refractivity contribution is 8.13. The largest absolute Gasteiger partial charge is 0.397 e. The van der Waals surface area contributed by atoms with Gasteiger partial charge in [-0.05, 0) is 18.2 Å². The van der Waals surface area contributed by atoms with Gasteiger partial charge in [0.1, 0.15) is 0 Å². The van der Waals surface area contributed by atoms with Gasteiger partial charge in [0.15, 0.2) is 0 Å². The topological polar surface area (TPSA) is 60.2 Å². The predicted octanol–water partition coefficient (Wildman–Crippen LogP) is 1.85. The van der Waals surface area contributed by atoms with E-state index in [4.69, 9.17) is 28.0 Å². The third kappa shape index (κ3) is 2.03. The second-order valence-electron chi connectivity index (χ2n) is 2.12. The lowest BCUT2D eigenvalue weighted by Crippen LogP contribution is -1.93. The van der Waals surface area contributed by atoms with Gasteiger partial charge in [-0.1, -0.05) is 11.6 Å². The van der Waals surface area contributed by atoms with Gasteiger partial charge in [0.05, 0.1) is 15.6 Å². The van der Waals surface area contributed by atoms with E-state index in [0.29, 0.717) is 5.02 Å². The Morgan fingerprint density at radius 2 is 1.92 bits per heavy atom. The third-order valence-electron chi connectivity index (χ3n) is 1.25. The summed E-state index contributed by atoms with van der Waals surface area (Å²) in [6.07, 6.45) is 0. The zero-order chi connectivity index (χ0) is 9.35. The van der Waals surface area contributed by atoms with Crippen molar-refractivity contribution in [2.45, 2.75) is 4.90 Å². The molecule has 2 N–H and O–H groups in total. The Morgan fingerprint density at radius 3 is 2.33 bits per heavy atom. The molecule has 1 aromatic rings. The lowest BCUT2D eigenvalue weighted by atomic mass is 10.3. The minimum atomic E-state index is -3.71. The van der Waals surface area contributed by atoms with Crippen molar-refractivity contribution < 1.29 is 8.42 Å². The Balaban J connectivity index is 3.33. The fourth-order valence-corrected chi connectivity index (χ4v) is 1.58. The Morgan fingerprint density at radius 1 is 1.33 bits per heavy atom. The Hall–Kier alpha value is -0.450. The normalized spacial score (nSPS) is 11.5. The van der Waals surface area contributed by atoms with Gasteiger partial charge in [-0.3, -0.25) is 0 Å². The Labute approximate surface area is 79.5 Å². The number of anilines is 1. The van der Waals surface area contributed by atoms with Gasteiger partial charge >= 0.3 is 0 Å². The summed E-state index contributed by atoms with van der Waals surface area (Å²) in [7, 11) is 1.35. The first kappa shape index (κ1) is 9.64. The molecule has 0 bridgehead atoms. The molecule has 3 nitrogen and oxygen atoms in total. The SMILES string of the molecule is Nc1cc(S(=O)(=O)Cl)ccc1Cl. The van der Waals surface area contributed by atoms with Gasteiger partial charge in [0, 0.05) is 10.7 Å². The second kappa shape index (κ2) is 3.12. The molecule has 0 amide bonds. The molecule has 0 aliphatic carbocycles. The summed E-state index contributed by atoms with van der Waals surface area (Å²) in [6.45, 7) is 0. The lowest BCUT2D eigenvalue weighted by molar-refractivity contribution is 0.609. The highest BCUT2D eigenvalue weighted by atomic mass is 35.7. The fourth-order valence-electron chi connectivity index (χ4n) is 0.673. The molecule has 0 aliphatic rings. The van der Waals surface area contributed by atoms with Crippen molar-refractivity contribution in [1.82, 2.24) is 0 Å². The average molecular weight is 226 g/mol. The summed E-state index contributed by atoms with van der Waals surface area (Å²) >= 11 is 5.57. The lowest BCUT2D eigenvalue weighted by Gasteiger charge is -1.99. The zero-order valence-corrected chi connectivity index (χ0v) is 8.12. The van der Waals surface area contributed by atoms with E-state index in [1.165, 1.54) is 18.2 Å². The molecule has 0 heterocycles. The van der Waals surface area contributed by atoms with Gasteiger partial charge in [-0.25, -0.2) is 8.42 Å². The zero-order valence-electron chi connectivity index (χ0n) is 5.79. The van der Waals surface area contributed by atoms with Crippen LogP contribution in [0.2, 0.25) is 5.02 Å². The number of hydrogen-bond donors (Lipinski definition) is 1. The van der Waals surface area contributed by atoms with Crippen LogP contribution in [0.25, 0.3) is 0 Å². The molecule has 0 unspecified atom stereocenters. The van der Waals surface area contributed by atoms with E-state index in [0.717, 1.165) is 0 Å². The van der Waals surface area contributed by atoms with Gasteiger partial charge in [-0.15, -0.1) is 0 Å². The minimum absolute atomic E-state index is 0.0499. The number of halogens is 2. The first-order chi connectivity index (χ1) is 5.41. The summed E-state index contributed by atoms with van der Waals surface area (Å²) in [5.41, 5.74) is 5.56. The van der Waals surface area contributed by atoms with Crippen molar-refractivity contribution in [3.8, 4) is 0 Å². The van der Waals surface area contributed by atoms with Crippen LogP contribution < -0.4 is 5.73 Å². The van der Waals surface area contributed by atoms with Crippen LogP contribution in [0.4, 0.5) is 5.69 Å². The summed E-state index contributed by atoms with van der Waals surface area (Å²) in [6, 6.07) is 3.89. The van der Waals surface area contributed by atoms with Crippen LogP contribution in [0.1, 0.15) is 0 Å². The molecule has 0 fully saturated rings. The highest BCUT2D eigenvalue weighted by Crippen LogP contribution is 2.23. The molecular weight excluding hydrogens is 221 g/mol. The number of rotatable bonds is 1. The van der Waals surface area contributed by atoms with E-state index >= 15 is 0 Å². The molecule has 12 heavy (non-hydrogen) atoms. The van der Waals surface area contributed by atoms with Crippen molar-refractivity contribution in [2.75, 3.05) is 5.73 Å². The van der Waals surface area contributed by atoms with Crippen LogP contribution in [0.15, 0.2) is 23.1 Å². The Kier molecular flexibility index (Phi) is 2.51. The first-order valence-electron chi connectivity index (χ1n) is 2.91. The van der Waals surface area contributed by atoms with Crippen LogP contribution >= 0.6 is 22.3 Å². The summed E-state index contributed by atoms with van der Waals surface area (Å²) < 4.78 is 21.5. The van der Waals surface area contributed by atoms with Crippen LogP contribution in [0.5, 0.6) is 0 Å². The summed E-state index contributed by atoms with van der Waals surface area (Å²) in [5, 5.41) is 0.305. The standard InChI is InChI=1S/C6H5Cl2NO2S/c7-5-2-1-4(3-6(5)9)12(8,10)11/h1-3H,9H2. The molecule has 0 saturated carbocycles.